The Balaban J connectivity index is 1.87. The Labute approximate surface area is 117 Å². The van der Waals surface area contributed by atoms with Crippen LogP contribution in [-0.2, 0) is 4.74 Å². The Hall–Kier alpha value is -2.16. The highest BCUT2D eigenvalue weighted by atomic mass is 16.5. The van der Waals surface area contributed by atoms with Gasteiger partial charge in [-0.2, -0.15) is 5.26 Å². The largest absolute Gasteiger partial charge is 0.381 e. The molecule has 1 unspecified atom stereocenters. The van der Waals surface area contributed by atoms with Gasteiger partial charge in [0.25, 0.3) is 0 Å². The average molecular weight is 268 g/mol. The minimum atomic E-state index is 0.127. The monoisotopic (exact) mass is 268 g/mol. The summed E-state index contributed by atoms with van der Waals surface area (Å²) in [5.41, 5.74) is 2.29. The van der Waals surface area contributed by atoms with Crippen LogP contribution < -0.4 is 10.6 Å². The number of nitriles is 1. The molecule has 1 atom stereocenters. The Morgan fingerprint density at radius 2 is 2.35 bits per heavy atom. The van der Waals surface area contributed by atoms with E-state index in [0.29, 0.717) is 12.1 Å². The lowest BCUT2D eigenvalue weighted by Crippen LogP contribution is -2.42. The Morgan fingerprint density at radius 1 is 1.45 bits per heavy atom. The molecule has 2 aromatic rings. The van der Waals surface area contributed by atoms with Gasteiger partial charge in [0.15, 0.2) is 0 Å². The number of hydrogen-bond donors (Lipinski definition) is 2. The second kappa shape index (κ2) is 5.87. The molecule has 102 valence electrons. The van der Waals surface area contributed by atoms with Crippen molar-refractivity contribution in [3.05, 3.63) is 36.0 Å². The number of hydrogen-bond acceptors (Lipinski definition) is 5. The molecule has 20 heavy (non-hydrogen) atoms. The highest BCUT2D eigenvalue weighted by Gasteiger charge is 2.15. The second-order valence-electron chi connectivity index (χ2n) is 4.75. The number of anilines is 1. The Morgan fingerprint density at radius 3 is 3.15 bits per heavy atom. The van der Waals surface area contributed by atoms with E-state index in [0.717, 1.165) is 36.3 Å². The maximum atomic E-state index is 9.24. The lowest BCUT2D eigenvalue weighted by atomic mass is 10.1. The molecular weight excluding hydrogens is 252 g/mol. The molecule has 1 saturated heterocycles. The molecule has 5 heteroatoms. The number of ether oxygens (including phenoxy) is 1. The minimum absolute atomic E-state index is 0.127. The van der Waals surface area contributed by atoms with Crippen LogP contribution in [0, 0.1) is 11.3 Å². The molecule has 5 nitrogen and oxygen atoms in total. The number of nitrogens with one attached hydrogen (secondary N) is 2. The molecule has 0 aliphatic carbocycles. The molecule has 1 aliphatic heterocycles. The van der Waals surface area contributed by atoms with Crippen molar-refractivity contribution >= 4 is 16.6 Å². The molecule has 1 aliphatic rings. The molecule has 0 radical (unpaired) electrons. The quantitative estimate of drug-likeness (QED) is 0.883. The lowest BCUT2D eigenvalue weighted by Gasteiger charge is -2.24. The molecule has 1 aromatic carbocycles. The van der Waals surface area contributed by atoms with Crippen molar-refractivity contribution in [3.63, 3.8) is 0 Å². The third-order valence-corrected chi connectivity index (χ3v) is 3.41. The summed E-state index contributed by atoms with van der Waals surface area (Å²) in [6.07, 6.45) is 1.74. The van der Waals surface area contributed by atoms with Crippen molar-refractivity contribution in [2.75, 3.05) is 31.6 Å². The molecule has 3 rings (SSSR count). The summed E-state index contributed by atoms with van der Waals surface area (Å²) in [6, 6.07) is 10.0. The molecule has 1 fully saturated rings. The first-order chi connectivity index (χ1) is 9.88. The summed E-state index contributed by atoms with van der Waals surface area (Å²) >= 11 is 0. The summed E-state index contributed by atoms with van der Waals surface area (Å²) in [5, 5.41) is 16.9. The normalized spacial score (nSPS) is 18.6. The van der Waals surface area contributed by atoms with Gasteiger partial charge in [-0.25, -0.2) is 0 Å². The summed E-state index contributed by atoms with van der Waals surface area (Å²) in [7, 11) is 0. The third-order valence-electron chi connectivity index (χ3n) is 3.41. The number of morpholine rings is 1. The van der Waals surface area contributed by atoms with Gasteiger partial charge in [0, 0.05) is 31.2 Å². The molecule has 2 N–H and O–H groups in total. The van der Waals surface area contributed by atoms with E-state index < -0.39 is 0 Å². The van der Waals surface area contributed by atoms with Crippen LogP contribution in [0.15, 0.2) is 30.5 Å². The zero-order valence-corrected chi connectivity index (χ0v) is 11.1. The topological polar surface area (TPSA) is 70.0 Å². The molecule has 0 amide bonds. The fraction of sp³-hybridized carbons (Fsp3) is 0.333. The van der Waals surface area contributed by atoms with Crippen LogP contribution in [0.2, 0.25) is 0 Å². The van der Waals surface area contributed by atoms with Crippen LogP contribution in [0.1, 0.15) is 5.56 Å². The van der Waals surface area contributed by atoms with Crippen molar-refractivity contribution in [2.45, 2.75) is 6.10 Å². The van der Waals surface area contributed by atoms with E-state index >= 15 is 0 Å². The van der Waals surface area contributed by atoms with E-state index in [-0.39, 0.29) is 6.10 Å². The maximum absolute atomic E-state index is 9.24. The van der Waals surface area contributed by atoms with Gasteiger partial charge in [-0.15, -0.1) is 0 Å². The fourth-order valence-electron chi connectivity index (χ4n) is 2.38. The summed E-state index contributed by atoms with van der Waals surface area (Å²) in [6.45, 7) is 3.14. The van der Waals surface area contributed by atoms with Gasteiger partial charge in [-0.3, -0.25) is 4.98 Å². The van der Waals surface area contributed by atoms with E-state index in [4.69, 9.17) is 4.74 Å². The highest BCUT2D eigenvalue weighted by Crippen LogP contribution is 2.25. The molecule has 0 saturated carbocycles. The zero-order valence-electron chi connectivity index (χ0n) is 11.1. The summed E-state index contributed by atoms with van der Waals surface area (Å²) < 4.78 is 5.66. The standard InChI is InChI=1S/C15H16N4O/c16-7-11-8-18-14-4-2-1-3-13(14)15(11)19-10-12-9-17-5-6-20-12/h1-4,8,12,17H,5-6,9-10H2,(H,18,19). The number of rotatable bonds is 3. The van der Waals surface area contributed by atoms with Gasteiger partial charge < -0.3 is 15.4 Å². The van der Waals surface area contributed by atoms with Crippen LogP contribution in [0.3, 0.4) is 0 Å². The highest BCUT2D eigenvalue weighted by molar-refractivity contribution is 5.93. The van der Waals surface area contributed by atoms with E-state index in [1.165, 1.54) is 0 Å². The predicted octanol–water partition coefficient (Wildman–Crippen LogP) is 1.51. The van der Waals surface area contributed by atoms with Gasteiger partial charge in [0.1, 0.15) is 6.07 Å². The van der Waals surface area contributed by atoms with E-state index in [2.05, 4.69) is 21.7 Å². The molecule has 1 aromatic heterocycles. The van der Waals surface area contributed by atoms with Gasteiger partial charge in [0.2, 0.25) is 0 Å². The number of aromatic nitrogens is 1. The molecule has 0 bridgehead atoms. The van der Waals surface area contributed by atoms with Crippen LogP contribution in [0.5, 0.6) is 0 Å². The molecule has 2 heterocycles. The van der Waals surface area contributed by atoms with E-state index in [1.54, 1.807) is 6.20 Å². The van der Waals surface area contributed by atoms with Crippen LogP contribution in [0.4, 0.5) is 5.69 Å². The van der Waals surface area contributed by atoms with Crippen LogP contribution >= 0.6 is 0 Å². The summed E-state index contributed by atoms with van der Waals surface area (Å²) in [5.74, 6) is 0. The predicted molar refractivity (Wildman–Crippen MR) is 77.6 cm³/mol. The van der Waals surface area contributed by atoms with Gasteiger partial charge in [0.05, 0.1) is 29.5 Å². The number of nitrogens with zero attached hydrogens (tertiary/aromatic N) is 2. The van der Waals surface area contributed by atoms with Crippen molar-refractivity contribution in [3.8, 4) is 6.07 Å². The first-order valence-electron chi connectivity index (χ1n) is 6.72. The molecular formula is C15H16N4O. The Bertz CT molecular complexity index is 644. The number of fused-ring (bicyclic) bond motifs is 1. The van der Waals surface area contributed by atoms with Crippen LogP contribution in [-0.4, -0.2) is 37.3 Å². The van der Waals surface area contributed by atoms with Gasteiger partial charge >= 0.3 is 0 Å². The SMILES string of the molecule is N#Cc1cnc2ccccc2c1NCC1CNCCO1. The van der Waals surface area contributed by atoms with Crippen molar-refractivity contribution in [1.82, 2.24) is 10.3 Å². The maximum Gasteiger partial charge on any atom is 0.103 e. The zero-order chi connectivity index (χ0) is 13.8. The fourth-order valence-corrected chi connectivity index (χ4v) is 2.38. The average Bonchev–Trinajstić information content (AvgIpc) is 2.53. The number of pyridine rings is 1. The summed E-state index contributed by atoms with van der Waals surface area (Å²) in [4.78, 5) is 4.30. The van der Waals surface area contributed by atoms with Crippen molar-refractivity contribution in [1.29, 1.82) is 5.26 Å². The van der Waals surface area contributed by atoms with E-state index in [1.807, 2.05) is 24.3 Å². The first-order valence-corrected chi connectivity index (χ1v) is 6.72. The first kappa shape index (κ1) is 12.9. The smallest absolute Gasteiger partial charge is 0.103 e. The van der Waals surface area contributed by atoms with Gasteiger partial charge in [-0.05, 0) is 6.07 Å². The van der Waals surface area contributed by atoms with Crippen molar-refractivity contribution < 1.29 is 4.74 Å². The van der Waals surface area contributed by atoms with E-state index in [9.17, 15) is 5.26 Å². The third kappa shape index (κ3) is 2.57. The second-order valence-corrected chi connectivity index (χ2v) is 4.75. The molecule has 0 spiro atoms. The Kier molecular flexibility index (Phi) is 3.77. The van der Waals surface area contributed by atoms with Gasteiger partial charge in [-0.1, -0.05) is 18.2 Å². The van der Waals surface area contributed by atoms with Crippen molar-refractivity contribution in [2.24, 2.45) is 0 Å². The van der Waals surface area contributed by atoms with Crippen LogP contribution in [0.25, 0.3) is 10.9 Å². The number of para-hydroxylation sites is 1. The minimum Gasteiger partial charge on any atom is -0.381 e. The number of benzene rings is 1. The lowest BCUT2D eigenvalue weighted by molar-refractivity contribution is 0.0372.